The van der Waals surface area contributed by atoms with Crippen LogP contribution in [0.5, 0.6) is 0 Å². The lowest BCUT2D eigenvalue weighted by molar-refractivity contribution is 1.26. The molecule has 0 fully saturated rings. The molecule has 0 saturated heterocycles. The molecule has 1 aromatic rings. The minimum absolute atomic E-state index is 0.987. The molecular formula is C14H12N2. The molecule has 78 valence electrons. The second kappa shape index (κ2) is 3.81. The molecular weight excluding hydrogens is 196 g/mol. The Bertz CT molecular complexity index is 523. The van der Waals surface area contributed by atoms with E-state index >= 15 is 0 Å². The number of aliphatic imine (C=N–C) groups is 1. The Kier molecular flexibility index (Phi) is 2.18. The third kappa shape index (κ3) is 1.48. The van der Waals surface area contributed by atoms with Crippen LogP contribution in [0.3, 0.4) is 0 Å². The number of nitrogens with zero attached hydrogens (tertiary/aromatic N) is 1. The predicted molar refractivity (Wildman–Crippen MR) is 67.2 cm³/mol. The van der Waals surface area contributed by atoms with E-state index in [0.717, 1.165) is 17.8 Å². The largest absolute Gasteiger partial charge is 0.361 e. The van der Waals surface area contributed by atoms with Crippen LogP contribution in [-0.4, -0.2) is 11.2 Å². The van der Waals surface area contributed by atoms with Crippen LogP contribution in [0.15, 0.2) is 65.0 Å². The Hall–Kier alpha value is -2.09. The van der Waals surface area contributed by atoms with Gasteiger partial charge in [-0.05, 0) is 36.3 Å². The highest BCUT2D eigenvalue weighted by molar-refractivity contribution is 5.88. The summed E-state index contributed by atoms with van der Waals surface area (Å²) in [7, 11) is 0. The highest BCUT2D eigenvalue weighted by Crippen LogP contribution is 2.32. The van der Waals surface area contributed by atoms with Gasteiger partial charge >= 0.3 is 0 Å². The van der Waals surface area contributed by atoms with E-state index in [-0.39, 0.29) is 0 Å². The predicted octanol–water partition coefficient (Wildman–Crippen LogP) is 3.25. The zero-order chi connectivity index (χ0) is 10.8. The van der Waals surface area contributed by atoms with Gasteiger partial charge in [0.25, 0.3) is 0 Å². The summed E-state index contributed by atoms with van der Waals surface area (Å²) in [6, 6.07) is 4.10. The van der Waals surface area contributed by atoms with E-state index in [4.69, 9.17) is 0 Å². The van der Waals surface area contributed by atoms with E-state index in [0.29, 0.717) is 0 Å². The molecule has 0 spiro atoms. The van der Waals surface area contributed by atoms with Gasteiger partial charge in [-0.25, -0.2) is 0 Å². The van der Waals surface area contributed by atoms with Crippen molar-refractivity contribution >= 4 is 11.8 Å². The first-order valence-corrected chi connectivity index (χ1v) is 5.40. The molecule has 0 bridgehead atoms. The van der Waals surface area contributed by atoms with Gasteiger partial charge in [0.1, 0.15) is 0 Å². The Morgan fingerprint density at radius 1 is 1.31 bits per heavy atom. The first-order chi connectivity index (χ1) is 7.95. The molecule has 0 saturated carbocycles. The maximum atomic E-state index is 4.39. The van der Waals surface area contributed by atoms with E-state index in [1.54, 1.807) is 0 Å². The van der Waals surface area contributed by atoms with Crippen LogP contribution < -0.4 is 0 Å². The fourth-order valence-electron chi connectivity index (χ4n) is 2.04. The fraction of sp³-hybridized carbons (Fsp3) is 0.0714. The summed E-state index contributed by atoms with van der Waals surface area (Å²) in [6.07, 6.45) is 15.2. The van der Waals surface area contributed by atoms with Crippen molar-refractivity contribution < 1.29 is 0 Å². The van der Waals surface area contributed by atoms with Crippen molar-refractivity contribution in [2.24, 2.45) is 4.99 Å². The van der Waals surface area contributed by atoms with Crippen LogP contribution >= 0.6 is 0 Å². The second-order valence-electron chi connectivity index (χ2n) is 3.81. The minimum Gasteiger partial charge on any atom is -0.361 e. The Labute approximate surface area is 94.4 Å². The maximum absolute atomic E-state index is 4.39. The maximum Gasteiger partial charge on any atom is 0.0726 e. The average Bonchev–Trinajstić information content (AvgIpc) is 3.02. The lowest BCUT2D eigenvalue weighted by Gasteiger charge is -2.08. The highest BCUT2D eigenvalue weighted by atomic mass is 14.8. The van der Waals surface area contributed by atoms with E-state index in [2.05, 4.69) is 40.3 Å². The third-order valence-corrected chi connectivity index (χ3v) is 2.77. The summed E-state index contributed by atoms with van der Waals surface area (Å²) >= 11 is 0. The van der Waals surface area contributed by atoms with Gasteiger partial charge < -0.3 is 4.98 Å². The van der Waals surface area contributed by atoms with Crippen molar-refractivity contribution in [2.75, 3.05) is 0 Å². The number of allylic oxidation sites excluding steroid dienone is 7. The molecule has 3 rings (SSSR count). The average molecular weight is 208 g/mol. The number of aromatic amines is 1. The minimum atomic E-state index is 0.987. The molecule has 0 radical (unpaired) electrons. The molecule has 2 aliphatic rings. The van der Waals surface area contributed by atoms with Crippen LogP contribution in [0, 0.1) is 0 Å². The summed E-state index contributed by atoms with van der Waals surface area (Å²) in [5, 5.41) is 0. The van der Waals surface area contributed by atoms with Crippen LogP contribution in [0.1, 0.15) is 12.1 Å². The molecule has 0 unspecified atom stereocenters. The van der Waals surface area contributed by atoms with Crippen molar-refractivity contribution in [1.29, 1.82) is 0 Å². The van der Waals surface area contributed by atoms with Gasteiger partial charge in [-0.1, -0.05) is 18.2 Å². The summed E-state index contributed by atoms with van der Waals surface area (Å²) in [5.41, 5.74) is 4.70. The van der Waals surface area contributed by atoms with Crippen LogP contribution in [-0.2, 0) is 0 Å². The number of nitrogens with one attached hydrogen (secondary N) is 1. The standard InChI is InChI=1S/C14H12N2/c1-2-6-11(5-1)14(12-7-3-9-15-12)13-8-4-10-16-13/h1-5,7-10,15H,6H2/b14-13-. The summed E-state index contributed by atoms with van der Waals surface area (Å²) in [6.45, 7) is 0. The Morgan fingerprint density at radius 2 is 2.31 bits per heavy atom. The number of H-pyrrole nitrogens is 1. The zero-order valence-corrected chi connectivity index (χ0v) is 8.85. The van der Waals surface area contributed by atoms with Gasteiger partial charge in [-0.3, -0.25) is 4.99 Å². The van der Waals surface area contributed by atoms with Crippen LogP contribution in [0.2, 0.25) is 0 Å². The van der Waals surface area contributed by atoms with Crippen LogP contribution in [0.4, 0.5) is 0 Å². The zero-order valence-electron chi connectivity index (χ0n) is 8.85. The molecule has 1 N–H and O–H groups in total. The van der Waals surface area contributed by atoms with E-state index < -0.39 is 0 Å². The summed E-state index contributed by atoms with van der Waals surface area (Å²) in [4.78, 5) is 7.65. The van der Waals surface area contributed by atoms with Gasteiger partial charge in [0.2, 0.25) is 0 Å². The Balaban J connectivity index is 2.12. The third-order valence-electron chi connectivity index (χ3n) is 2.77. The van der Waals surface area contributed by atoms with Crippen molar-refractivity contribution in [1.82, 2.24) is 4.98 Å². The molecule has 1 aliphatic heterocycles. The van der Waals surface area contributed by atoms with E-state index in [1.165, 1.54) is 11.1 Å². The summed E-state index contributed by atoms with van der Waals surface area (Å²) in [5.74, 6) is 0. The Morgan fingerprint density at radius 3 is 2.94 bits per heavy atom. The lowest BCUT2D eigenvalue weighted by atomic mass is 10.00. The van der Waals surface area contributed by atoms with Crippen molar-refractivity contribution in [3.05, 3.63) is 65.7 Å². The first kappa shape index (κ1) is 9.16. The summed E-state index contributed by atoms with van der Waals surface area (Å²) < 4.78 is 0. The monoisotopic (exact) mass is 208 g/mol. The molecule has 2 heterocycles. The fourth-order valence-corrected chi connectivity index (χ4v) is 2.04. The highest BCUT2D eigenvalue weighted by Gasteiger charge is 2.14. The number of hydrogen-bond donors (Lipinski definition) is 1. The number of hydrogen-bond acceptors (Lipinski definition) is 1. The molecule has 16 heavy (non-hydrogen) atoms. The van der Waals surface area contributed by atoms with Gasteiger partial charge in [-0.15, -0.1) is 0 Å². The molecule has 2 nitrogen and oxygen atoms in total. The SMILES string of the molecule is C1=CCC(/C(=C2\C=CC=N2)c2ccc[nH]2)=C1. The quantitative estimate of drug-likeness (QED) is 0.772. The molecule has 2 heteroatoms. The van der Waals surface area contributed by atoms with Crippen LogP contribution in [0.25, 0.3) is 5.57 Å². The second-order valence-corrected chi connectivity index (χ2v) is 3.81. The van der Waals surface area contributed by atoms with E-state index in [9.17, 15) is 0 Å². The smallest absolute Gasteiger partial charge is 0.0726 e. The molecule has 0 amide bonds. The van der Waals surface area contributed by atoms with E-state index in [1.807, 2.05) is 24.6 Å². The van der Waals surface area contributed by atoms with Crippen molar-refractivity contribution in [2.45, 2.75) is 6.42 Å². The van der Waals surface area contributed by atoms with Gasteiger partial charge in [0.15, 0.2) is 0 Å². The molecule has 0 atom stereocenters. The lowest BCUT2D eigenvalue weighted by Crippen LogP contribution is -1.91. The van der Waals surface area contributed by atoms with Gasteiger partial charge in [-0.2, -0.15) is 0 Å². The van der Waals surface area contributed by atoms with Crippen molar-refractivity contribution in [3.63, 3.8) is 0 Å². The molecule has 0 aromatic carbocycles. The number of aromatic nitrogens is 1. The first-order valence-electron chi connectivity index (χ1n) is 5.40. The molecule has 1 aromatic heterocycles. The topological polar surface area (TPSA) is 28.1 Å². The molecule has 1 aliphatic carbocycles. The van der Waals surface area contributed by atoms with Gasteiger partial charge in [0, 0.05) is 23.7 Å². The van der Waals surface area contributed by atoms with Crippen molar-refractivity contribution in [3.8, 4) is 0 Å². The van der Waals surface area contributed by atoms with Gasteiger partial charge in [0.05, 0.1) is 5.70 Å². The normalized spacial score (nSPS) is 20.6. The number of rotatable bonds is 2.